The van der Waals surface area contributed by atoms with Crippen molar-refractivity contribution in [2.75, 3.05) is 0 Å². The molecule has 0 fully saturated rings. The molecular formula is C22H42O7. The van der Waals surface area contributed by atoms with Crippen LogP contribution in [0.25, 0.3) is 0 Å². The van der Waals surface area contributed by atoms with E-state index in [0.29, 0.717) is 0 Å². The molecule has 6 N–H and O–H groups in total. The van der Waals surface area contributed by atoms with E-state index in [0.717, 1.165) is 12.8 Å². The Bertz CT molecular complexity index is 525. The van der Waals surface area contributed by atoms with E-state index < -0.39 is 40.9 Å². The lowest BCUT2D eigenvalue weighted by atomic mass is 9.81. The van der Waals surface area contributed by atoms with E-state index in [-0.39, 0.29) is 31.6 Å². The number of hydrogen-bond acceptors (Lipinski definition) is 7. The number of carbonyl (C=O) groups is 1. The number of aliphatic hydroxyl groups is 6. The molecule has 0 aliphatic rings. The average Bonchev–Trinajstić information content (AvgIpc) is 2.63. The van der Waals surface area contributed by atoms with Crippen molar-refractivity contribution in [1.82, 2.24) is 0 Å². The largest absolute Gasteiger partial charge is 0.390 e. The molecule has 0 aromatic rings. The van der Waals surface area contributed by atoms with E-state index in [9.17, 15) is 35.4 Å². The smallest absolute Gasteiger partial charge is 0.186 e. The Kier molecular flexibility index (Phi) is 11.2. The van der Waals surface area contributed by atoms with Gasteiger partial charge in [0.1, 0.15) is 11.2 Å². The molecule has 0 aromatic carbocycles. The van der Waals surface area contributed by atoms with Gasteiger partial charge in [-0.15, -0.1) is 0 Å². The standard InChI is InChI=1S/C22H42O7/c1-7-9-15(3)10-11-16(23)21(5,28)13-12-17(24)22(6,29)19(26)14-18(25)20(4,27)8-2/h10-11,15,17-19,24-29H,7-9,12-14H2,1-6H3/b11-10+/t15-,17-,18-,19+,20+,21+,22-/m0/s1. The van der Waals surface area contributed by atoms with Gasteiger partial charge in [-0.1, -0.05) is 33.3 Å². The third kappa shape index (κ3) is 8.82. The first-order valence-corrected chi connectivity index (χ1v) is 10.6. The van der Waals surface area contributed by atoms with Crippen LogP contribution < -0.4 is 0 Å². The van der Waals surface area contributed by atoms with Crippen LogP contribution in [0, 0.1) is 5.92 Å². The summed E-state index contributed by atoms with van der Waals surface area (Å²) in [4.78, 5) is 12.3. The van der Waals surface area contributed by atoms with Gasteiger partial charge in [0.15, 0.2) is 5.78 Å². The minimum absolute atomic E-state index is 0.113. The average molecular weight is 419 g/mol. The maximum Gasteiger partial charge on any atom is 0.186 e. The molecule has 0 spiro atoms. The summed E-state index contributed by atoms with van der Waals surface area (Å²) < 4.78 is 0. The SMILES string of the molecule is CCC[C@H](C)/C=C/C(=O)[C@](C)(O)CC[C@H](O)[C@](C)(O)[C@H](O)C[C@H](O)[C@](C)(O)CC. The van der Waals surface area contributed by atoms with Crippen molar-refractivity contribution in [3.63, 3.8) is 0 Å². The van der Waals surface area contributed by atoms with Crippen molar-refractivity contribution in [3.05, 3.63) is 12.2 Å². The van der Waals surface area contributed by atoms with Crippen molar-refractivity contribution in [2.45, 2.75) is 115 Å². The number of ketones is 1. The second-order valence-electron chi connectivity index (χ2n) is 9.02. The van der Waals surface area contributed by atoms with Gasteiger partial charge in [-0.25, -0.2) is 0 Å². The van der Waals surface area contributed by atoms with Gasteiger partial charge in [0.25, 0.3) is 0 Å². The quantitative estimate of drug-likeness (QED) is 0.235. The van der Waals surface area contributed by atoms with Crippen LogP contribution in [-0.2, 0) is 4.79 Å². The second-order valence-corrected chi connectivity index (χ2v) is 9.02. The summed E-state index contributed by atoms with van der Waals surface area (Å²) >= 11 is 0. The predicted octanol–water partition coefficient (Wildman–Crippen LogP) is 1.46. The van der Waals surface area contributed by atoms with Crippen molar-refractivity contribution < 1.29 is 35.4 Å². The first-order chi connectivity index (χ1) is 13.1. The molecule has 29 heavy (non-hydrogen) atoms. The lowest BCUT2D eigenvalue weighted by Gasteiger charge is -2.38. The molecule has 7 heteroatoms. The third-order valence-corrected chi connectivity index (χ3v) is 5.98. The highest BCUT2D eigenvalue weighted by atomic mass is 16.4. The van der Waals surface area contributed by atoms with Crippen LogP contribution in [0.4, 0.5) is 0 Å². The molecule has 0 amide bonds. The molecule has 0 saturated carbocycles. The van der Waals surface area contributed by atoms with Crippen LogP contribution >= 0.6 is 0 Å². The Morgan fingerprint density at radius 1 is 0.931 bits per heavy atom. The van der Waals surface area contributed by atoms with Crippen LogP contribution in [0.3, 0.4) is 0 Å². The Labute approximate surface area is 175 Å². The van der Waals surface area contributed by atoms with E-state index in [2.05, 4.69) is 0 Å². The molecule has 7 nitrogen and oxygen atoms in total. The summed E-state index contributed by atoms with van der Waals surface area (Å²) in [6, 6.07) is 0. The number of hydrogen-bond donors (Lipinski definition) is 6. The zero-order valence-corrected chi connectivity index (χ0v) is 18.8. The van der Waals surface area contributed by atoms with Gasteiger partial charge in [0.2, 0.25) is 0 Å². The topological polar surface area (TPSA) is 138 Å². The van der Waals surface area contributed by atoms with Crippen molar-refractivity contribution in [2.24, 2.45) is 5.92 Å². The van der Waals surface area contributed by atoms with Gasteiger partial charge in [-0.05, 0) is 58.4 Å². The third-order valence-electron chi connectivity index (χ3n) is 5.98. The molecule has 0 heterocycles. The summed E-state index contributed by atoms with van der Waals surface area (Å²) in [5, 5.41) is 61.7. The van der Waals surface area contributed by atoms with Gasteiger partial charge in [0.05, 0.1) is 23.9 Å². The molecular weight excluding hydrogens is 376 g/mol. The van der Waals surface area contributed by atoms with Gasteiger partial charge >= 0.3 is 0 Å². The minimum Gasteiger partial charge on any atom is -0.390 e. The second kappa shape index (κ2) is 11.5. The molecule has 0 aromatic heterocycles. The van der Waals surface area contributed by atoms with Gasteiger partial charge in [-0.3, -0.25) is 4.79 Å². The van der Waals surface area contributed by atoms with E-state index >= 15 is 0 Å². The normalized spacial score (nSPS) is 22.9. The Morgan fingerprint density at radius 3 is 1.97 bits per heavy atom. The summed E-state index contributed by atoms with van der Waals surface area (Å²) in [6.07, 6.45) is 0.434. The lowest BCUT2D eigenvalue weighted by Crippen LogP contribution is -2.53. The fraction of sp³-hybridized carbons (Fsp3) is 0.864. The maximum atomic E-state index is 12.3. The van der Waals surface area contributed by atoms with Crippen LogP contribution in [0.15, 0.2) is 12.2 Å². The first-order valence-electron chi connectivity index (χ1n) is 10.6. The fourth-order valence-corrected chi connectivity index (χ4v) is 2.98. The summed E-state index contributed by atoms with van der Waals surface area (Å²) in [6.45, 7) is 9.70. The van der Waals surface area contributed by atoms with E-state index in [1.165, 1.54) is 26.8 Å². The van der Waals surface area contributed by atoms with Gasteiger partial charge < -0.3 is 30.6 Å². The first kappa shape index (κ1) is 28.2. The summed E-state index contributed by atoms with van der Waals surface area (Å²) in [5.74, 6) is -0.268. The highest BCUT2D eigenvalue weighted by Crippen LogP contribution is 2.28. The van der Waals surface area contributed by atoms with Gasteiger partial charge in [0, 0.05) is 6.42 Å². The van der Waals surface area contributed by atoms with Crippen LogP contribution in [0.2, 0.25) is 0 Å². The Balaban J connectivity index is 4.90. The molecule has 0 bridgehead atoms. The van der Waals surface area contributed by atoms with Crippen LogP contribution in [0.5, 0.6) is 0 Å². The fourth-order valence-electron chi connectivity index (χ4n) is 2.98. The van der Waals surface area contributed by atoms with E-state index in [1.807, 2.05) is 13.8 Å². The summed E-state index contributed by atoms with van der Waals surface area (Å²) in [5.41, 5.74) is -5.13. The number of aliphatic hydroxyl groups excluding tert-OH is 3. The Morgan fingerprint density at radius 2 is 1.48 bits per heavy atom. The zero-order chi connectivity index (χ0) is 23.0. The monoisotopic (exact) mass is 418 g/mol. The zero-order valence-electron chi connectivity index (χ0n) is 18.8. The number of allylic oxidation sites excluding steroid dienone is 1. The molecule has 0 unspecified atom stereocenters. The number of rotatable bonds is 14. The van der Waals surface area contributed by atoms with E-state index in [4.69, 9.17) is 0 Å². The molecule has 0 saturated heterocycles. The summed E-state index contributed by atoms with van der Waals surface area (Å²) in [7, 11) is 0. The highest BCUT2D eigenvalue weighted by molar-refractivity contribution is 5.96. The highest BCUT2D eigenvalue weighted by Gasteiger charge is 2.42. The number of carbonyl (C=O) groups excluding carboxylic acids is 1. The molecule has 0 rings (SSSR count). The molecule has 0 aliphatic carbocycles. The molecule has 172 valence electrons. The Hall–Kier alpha value is -0.830. The van der Waals surface area contributed by atoms with Crippen LogP contribution in [-0.4, -0.2) is 71.5 Å². The molecule has 0 aliphatic heterocycles. The maximum absolute atomic E-state index is 12.3. The minimum atomic E-state index is -1.99. The van der Waals surface area contributed by atoms with Crippen molar-refractivity contribution >= 4 is 5.78 Å². The lowest BCUT2D eigenvalue weighted by molar-refractivity contribution is -0.163. The van der Waals surface area contributed by atoms with Crippen molar-refractivity contribution in [1.29, 1.82) is 0 Å². The molecule has 0 radical (unpaired) electrons. The van der Waals surface area contributed by atoms with Crippen molar-refractivity contribution in [3.8, 4) is 0 Å². The van der Waals surface area contributed by atoms with Gasteiger partial charge in [-0.2, -0.15) is 0 Å². The van der Waals surface area contributed by atoms with Crippen LogP contribution in [0.1, 0.15) is 80.1 Å². The predicted molar refractivity (Wildman–Crippen MR) is 112 cm³/mol. The van der Waals surface area contributed by atoms with E-state index in [1.54, 1.807) is 13.0 Å². The molecule has 7 atom stereocenters.